The first-order valence-electron chi connectivity index (χ1n) is 6.97. The third-order valence-electron chi connectivity index (χ3n) is 3.12. The number of ketones is 1. The van der Waals surface area contributed by atoms with E-state index < -0.39 is 18.0 Å². The van der Waals surface area contributed by atoms with E-state index in [1.165, 1.54) is 6.20 Å². The molecule has 2 N–H and O–H groups in total. The lowest BCUT2D eigenvalue weighted by Gasteiger charge is -2.09. The summed E-state index contributed by atoms with van der Waals surface area (Å²) in [7, 11) is 1.58. The number of halogens is 2. The Bertz CT molecular complexity index is 760. The lowest BCUT2D eigenvalue weighted by atomic mass is 10.1. The summed E-state index contributed by atoms with van der Waals surface area (Å²) in [5.74, 6) is -1.24. The minimum absolute atomic E-state index is 0.153. The molecule has 0 aliphatic carbocycles. The fourth-order valence-corrected chi connectivity index (χ4v) is 2.63. The van der Waals surface area contributed by atoms with Crippen LogP contribution in [0.1, 0.15) is 20.8 Å². The normalized spacial score (nSPS) is 11.6. The summed E-state index contributed by atoms with van der Waals surface area (Å²) < 4.78 is 29.7. The van der Waals surface area contributed by atoms with Crippen LogP contribution in [0.5, 0.6) is 5.75 Å². The Balaban J connectivity index is 2.04. The molecule has 128 valence electrons. The Morgan fingerprint density at radius 1 is 1.50 bits per heavy atom. The molecule has 0 bridgehead atoms. The third kappa shape index (κ3) is 4.51. The van der Waals surface area contributed by atoms with E-state index in [9.17, 15) is 13.6 Å². The number of aliphatic hydroxyl groups excluding tert-OH is 1. The van der Waals surface area contributed by atoms with Gasteiger partial charge in [-0.3, -0.25) is 4.79 Å². The largest absolute Gasteiger partial charge is 0.506 e. The summed E-state index contributed by atoms with van der Waals surface area (Å²) in [6, 6.07) is 5.78. The van der Waals surface area contributed by atoms with Crippen LogP contribution < -0.4 is 10.1 Å². The quantitative estimate of drug-likeness (QED) is 0.447. The first-order chi connectivity index (χ1) is 11.4. The molecule has 0 unspecified atom stereocenters. The molecular formula is C16H16F2N2O3S. The molecule has 8 heteroatoms. The predicted molar refractivity (Wildman–Crippen MR) is 88.2 cm³/mol. The van der Waals surface area contributed by atoms with E-state index in [0.29, 0.717) is 17.8 Å². The molecular weight excluding hydrogens is 338 g/mol. The van der Waals surface area contributed by atoms with Gasteiger partial charge in [0.25, 0.3) is 6.43 Å². The maximum Gasteiger partial charge on any atom is 0.294 e. The Morgan fingerprint density at radius 2 is 2.25 bits per heavy atom. The number of aliphatic hydroxyl groups is 1. The van der Waals surface area contributed by atoms with Gasteiger partial charge in [-0.2, -0.15) is 0 Å². The maximum absolute atomic E-state index is 12.2. The summed E-state index contributed by atoms with van der Waals surface area (Å²) in [5.41, 5.74) is 1.99. The number of alkyl halides is 2. The van der Waals surface area contributed by atoms with E-state index in [1.54, 1.807) is 7.11 Å². The van der Waals surface area contributed by atoms with Gasteiger partial charge >= 0.3 is 0 Å². The van der Waals surface area contributed by atoms with Crippen molar-refractivity contribution in [2.24, 2.45) is 0 Å². The van der Waals surface area contributed by atoms with E-state index in [2.05, 4.69) is 10.3 Å². The maximum atomic E-state index is 12.2. The highest BCUT2D eigenvalue weighted by Gasteiger charge is 2.14. The van der Waals surface area contributed by atoms with Gasteiger partial charge in [-0.05, 0) is 18.6 Å². The van der Waals surface area contributed by atoms with Crippen LogP contribution in [0.25, 0.3) is 0 Å². The fourth-order valence-electron chi connectivity index (χ4n) is 1.91. The first-order valence-corrected chi connectivity index (χ1v) is 7.78. The van der Waals surface area contributed by atoms with Crippen LogP contribution in [0, 0.1) is 6.92 Å². The molecule has 0 atom stereocenters. The summed E-state index contributed by atoms with van der Waals surface area (Å²) in [6.07, 6.45) is -1.30. The Kier molecular flexibility index (Phi) is 5.86. The van der Waals surface area contributed by atoms with Crippen molar-refractivity contribution in [2.45, 2.75) is 19.9 Å². The van der Waals surface area contributed by atoms with Crippen LogP contribution in [0.3, 0.4) is 0 Å². The highest BCUT2D eigenvalue weighted by atomic mass is 32.1. The molecule has 2 rings (SSSR count). The summed E-state index contributed by atoms with van der Waals surface area (Å²) in [6.45, 7) is 2.39. The van der Waals surface area contributed by atoms with Crippen molar-refractivity contribution in [1.29, 1.82) is 0 Å². The zero-order valence-corrected chi connectivity index (χ0v) is 13.9. The van der Waals surface area contributed by atoms with Crippen LogP contribution in [0.2, 0.25) is 0 Å². The van der Waals surface area contributed by atoms with Crippen molar-refractivity contribution in [2.75, 3.05) is 12.4 Å². The van der Waals surface area contributed by atoms with E-state index in [-0.39, 0.29) is 4.88 Å². The molecule has 0 radical (unpaired) electrons. The number of nitrogens with one attached hydrogen (secondary N) is 1. The molecule has 1 heterocycles. The number of hydrogen-bond donors (Lipinski definition) is 2. The Morgan fingerprint density at radius 3 is 2.92 bits per heavy atom. The third-order valence-corrected chi connectivity index (χ3v) is 4.09. The number of benzene rings is 1. The number of hydrogen-bond acceptors (Lipinski definition) is 6. The molecule has 2 aromatic rings. The van der Waals surface area contributed by atoms with Crippen LogP contribution >= 0.6 is 11.3 Å². The molecule has 0 fully saturated rings. The molecule has 5 nitrogen and oxygen atoms in total. The van der Waals surface area contributed by atoms with Gasteiger partial charge in [-0.1, -0.05) is 23.5 Å². The molecule has 0 amide bonds. The fraction of sp³-hybridized carbons (Fsp3) is 0.250. The van der Waals surface area contributed by atoms with Gasteiger partial charge in [-0.25, -0.2) is 13.8 Å². The van der Waals surface area contributed by atoms with Crippen LogP contribution in [-0.2, 0) is 6.54 Å². The number of anilines is 1. The topological polar surface area (TPSA) is 71.5 Å². The van der Waals surface area contributed by atoms with E-state index in [4.69, 9.17) is 9.84 Å². The summed E-state index contributed by atoms with van der Waals surface area (Å²) >= 11 is 1.02. The number of allylic oxidation sites excluding steroid dienone is 2. The zero-order chi connectivity index (χ0) is 17.7. The number of ether oxygens (including phenoxy) is 1. The molecule has 0 aliphatic heterocycles. The number of methoxy groups -OCH3 is 1. The molecule has 0 saturated heterocycles. The van der Waals surface area contributed by atoms with Gasteiger partial charge in [-0.15, -0.1) is 0 Å². The minimum atomic E-state index is -3.08. The number of carbonyl (C=O) groups excluding carboxylic acids is 1. The number of carbonyl (C=O) groups is 1. The highest BCUT2D eigenvalue weighted by molar-refractivity contribution is 7.17. The van der Waals surface area contributed by atoms with Crippen LogP contribution in [0.15, 0.2) is 36.2 Å². The van der Waals surface area contributed by atoms with Crippen molar-refractivity contribution in [3.05, 3.63) is 52.2 Å². The monoisotopic (exact) mass is 354 g/mol. The average Bonchev–Trinajstić information content (AvgIpc) is 3.02. The van der Waals surface area contributed by atoms with Gasteiger partial charge in [0, 0.05) is 18.2 Å². The molecule has 24 heavy (non-hydrogen) atoms. The van der Waals surface area contributed by atoms with Gasteiger partial charge in [0.15, 0.2) is 10.9 Å². The van der Waals surface area contributed by atoms with E-state index in [0.717, 1.165) is 28.2 Å². The van der Waals surface area contributed by atoms with Crippen LogP contribution in [-0.4, -0.2) is 29.4 Å². The van der Waals surface area contributed by atoms with Gasteiger partial charge < -0.3 is 15.2 Å². The minimum Gasteiger partial charge on any atom is -0.506 e. The standard InChI is InChI=1S/C16H16F2N2O3S/c1-9-3-4-10(13(5-9)23-2)7-19-16-20-8-14(24-16)11(21)6-12(22)15(17)18/h3-6,8,15,22H,7H2,1-2H3,(H,19,20)/b12-6-. The molecule has 1 aromatic heterocycles. The lowest BCUT2D eigenvalue weighted by Crippen LogP contribution is -2.01. The second kappa shape index (κ2) is 7.87. The van der Waals surface area contributed by atoms with Gasteiger partial charge in [0.2, 0.25) is 5.78 Å². The second-order valence-corrected chi connectivity index (χ2v) is 5.96. The zero-order valence-electron chi connectivity index (χ0n) is 13.0. The Labute approximate surface area is 141 Å². The highest BCUT2D eigenvalue weighted by Crippen LogP contribution is 2.24. The SMILES string of the molecule is COc1cc(C)ccc1CNc1ncc(C(=O)/C=C(\O)C(F)F)s1. The molecule has 0 aliphatic rings. The lowest BCUT2D eigenvalue weighted by molar-refractivity contribution is 0.101. The van der Waals surface area contributed by atoms with Crippen molar-refractivity contribution in [1.82, 2.24) is 4.98 Å². The molecule has 0 saturated carbocycles. The van der Waals surface area contributed by atoms with Crippen molar-refractivity contribution < 1.29 is 23.4 Å². The summed E-state index contributed by atoms with van der Waals surface area (Å²) in [5, 5.41) is 12.5. The first kappa shape index (κ1) is 17.9. The number of thiazole rings is 1. The smallest absolute Gasteiger partial charge is 0.294 e. The van der Waals surface area contributed by atoms with Gasteiger partial charge in [0.1, 0.15) is 5.75 Å². The average molecular weight is 354 g/mol. The molecule has 0 spiro atoms. The predicted octanol–water partition coefficient (Wildman–Crippen LogP) is 3.96. The van der Waals surface area contributed by atoms with Crippen molar-refractivity contribution >= 4 is 22.3 Å². The second-order valence-electron chi connectivity index (χ2n) is 4.93. The molecule has 1 aromatic carbocycles. The number of aryl methyl sites for hydroxylation is 1. The number of nitrogens with zero attached hydrogens (tertiary/aromatic N) is 1. The van der Waals surface area contributed by atoms with Crippen LogP contribution in [0.4, 0.5) is 13.9 Å². The van der Waals surface area contributed by atoms with E-state index in [1.807, 2.05) is 25.1 Å². The van der Waals surface area contributed by atoms with E-state index >= 15 is 0 Å². The summed E-state index contributed by atoms with van der Waals surface area (Å²) in [4.78, 5) is 15.9. The number of aromatic nitrogens is 1. The number of rotatable bonds is 7. The van der Waals surface area contributed by atoms with Crippen molar-refractivity contribution in [3.63, 3.8) is 0 Å². The van der Waals surface area contributed by atoms with Crippen molar-refractivity contribution in [3.8, 4) is 5.75 Å². The Hall–Kier alpha value is -2.48. The van der Waals surface area contributed by atoms with Gasteiger partial charge in [0.05, 0.1) is 18.2 Å².